The first-order valence-corrected chi connectivity index (χ1v) is 7.40. The molecule has 1 atom stereocenters. The lowest BCUT2D eigenvalue weighted by Gasteiger charge is -2.22. The average Bonchev–Trinajstić information content (AvgIpc) is 2.54. The minimum atomic E-state index is -4.51. The smallest absolute Gasteiger partial charge is 0.340 e. The molecular formula is C18H18F3NO. The zero-order valence-corrected chi connectivity index (χ0v) is 12.7. The van der Waals surface area contributed by atoms with Crippen LogP contribution in [0, 0.1) is 0 Å². The summed E-state index contributed by atoms with van der Waals surface area (Å²) in [6.45, 7) is 1.94. The summed E-state index contributed by atoms with van der Waals surface area (Å²) in [6, 6.07) is 13.0. The zero-order valence-electron chi connectivity index (χ0n) is 12.7. The van der Waals surface area contributed by atoms with Crippen LogP contribution in [0.3, 0.4) is 0 Å². The first kappa shape index (κ1) is 17.1. The molecule has 0 bridgehead atoms. The van der Waals surface area contributed by atoms with Crippen LogP contribution in [-0.4, -0.2) is 18.1 Å². The largest absolute Gasteiger partial charge is 0.408 e. The van der Waals surface area contributed by atoms with Gasteiger partial charge in [-0.25, -0.2) is 0 Å². The van der Waals surface area contributed by atoms with Crippen molar-refractivity contribution in [1.82, 2.24) is 5.32 Å². The van der Waals surface area contributed by atoms with Gasteiger partial charge in [0, 0.05) is 12.0 Å². The van der Waals surface area contributed by atoms with Crippen molar-refractivity contribution >= 4 is 5.91 Å². The Labute approximate surface area is 133 Å². The van der Waals surface area contributed by atoms with Gasteiger partial charge in [0.25, 0.3) is 5.91 Å². The fourth-order valence-corrected chi connectivity index (χ4v) is 2.29. The van der Waals surface area contributed by atoms with Crippen molar-refractivity contribution in [3.8, 4) is 0 Å². The van der Waals surface area contributed by atoms with Crippen molar-refractivity contribution in [3.05, 3.63) is 71.3 Å². The molecule has 0 saturated carbocycles. The van der Waals surface area contributed by atoms with Gasteiger partial charge >= 0.3 is 6.18 Å². The Hall–Kier alpha value is -2.30. The highest BCUT2D eigenvalue weighted by Crippen LogP contribution is 2.24. The molecule has 1 N–H and O–H groups in total. The maximum absolute atomic E-state index is 13.2. The average molecular weight is 321 g/mol. The lowest BCUT2D eigenvalue weighted by molar-refractivity contribution is -0.153. The standard InChI is InChI=1S/C18H18F3NO/c1-2-13-7-6-8-14(11-13)12-16(18(19,20)21)22-17(23)15-9-4-3-5-10-15/h3-11,16H,2,12H2,1H3,(H,22,23)/t16-/m1/s1. The van der Waals surface area contributed by atoms with E-state index in [1.165, 1.54) is 12.1 Å². The van der Waals surface area contributed by atoms with E-state index in [1.54, 1.807) is 36.4 Å². The van der Waals surface area contributed by atoms with Gasteiger partial charge in [0.2, 0.25) is 0 Å². The van der Waals surface area contributed by atoms with Crippen molar-refractivity contribution in [2.45, 2.75) is 32.0 Å². The van der Waals surface area contributed by atoms with E-state index >= 15 is 0 Å². The van der Waals surface area contributed by atoms with Crippen LogP contribution >= 0.6 is 0 Å². The molecule has 0 spiro atoms. The van der Waals surface area contributed by atoms with Crippen molar-refractivity contribution < 1.29 is 18.0 Å². The van der Waals surface area contributed by atoms with Gasteiger partial charge in [-0.15, -0.1) is 0 Å². The molecule has 0 radical (unpaired) electrons. The lowest BCUT2D eigenvalue weighted by Crippen LogP contribution is -2.46. The van der Waals surface area contributed by atoms with E-state index in [-0.39, 0.29) is 12.0 Å². The molecule has 0 unspecified atom stereocenters. The highest BCUT2D eigenvalue weighted by atomic mass is 19.4. The number of hydrogen-bond acceptors (Lipinski definition) is 1. The molecule has 0 saturated heterocycles. The molecule has 122 valence electrons. The number of amides is 1. The van der Waals surface area contributed by atoms with E-state index in [4.69, 9.17) is 0 Å². The van der Waals surface area contributed by atoms with Crippen LogP contribution in [0.2, 0.25) is 0 Å². The quantitative estimate of drug-likeness (QED) is 0.880. The highest BCUT2D eigenvalue weighted by Gasteiger charge is 2.40. The summed E-state index contributed by atoms with van der Waals surface area (Å²) >= 11 is 0. The van der Waals surface area contributed by atoms with E-state index in [2.05, 4.69) is 5.32 Å². The summed E-state index contributed by atoms with van der Waals surface area (Å²) < 4.78 is 39.7. The molecule has 2 aromatic carbocycles. The van der Waals surface area contributed by atoms with Gasteiger partial charge in [-0.05, 0) is 29.7 Å². The Balaban J connectivity index is 2.16. The minimum Gasteiger partial charge on any atom is -0.340 e. The van der Waals surface area contributed by atoms with Crippen LogP contribution in [0.1, 0.15) is 28.4 Å². The Morgan fingerprint density at radius 1 is 1.04 bits per heavy atom. The number of hydrogen-bond donors (Lipinski definition) is 1. The molecule has 0 heterocycles. The molecule has 5 heteroatoms. The second-order valence-electron chi connectivity index (χ2n) is 5.31. The molecule has 23 heavy (non-hydrogen) atoms. The molecule has 2 aromatic rings. The van der Waals surface area contributed by atoms with Crippen LogP contribution in [-0.2, 0) is 12.8 Å². The summed E-state index contributed by atoms with van der Waals surface area (Å²) in [7, 11) is 0. The second-order valence-corrected chi connectivity index (χ2v) is 5.31. The molecule has 0 aromatic heterocycles. The van der Waals surface area contributed by atoms with Crippen LogP contribution < -0.4 is 5.32 Å². The third-order valence-electron chi connectivity index (χ3n) is 3.58. The van der Waals surface area contributed by atoms with Gasteiger partial charge in [0.15, 0.2) is 0 Å². The number of nitrogens with one attached hydrogen (secondary N) is 1. The van der Waals surface area contributed by atoms with E-state index < -0.39 is 18.1 Å². The maximum atomic E-state index is 13.2. The molecule has 1 amide bonds. The highest BCUT2D eigenvalue weighted by molar-refractivity contribution is 5.94. The van der Waals surface area contributed by atoms with Crippen LogP contribution in [0.15, 0.2) is 54.6 Å². The van der Waals surface area contributed by atoms with Gasteiger partial charge in [-0.2, -0.15) is 13.2 Å². The van der Waals surface area contributed by atoms with Gasteiger partial charge < -0.3 is 5.32 Å². The van der Waals surface area contributed by atoms with Gasteiger partial charge in [-0.3, -0.25) is 4.79 Å². The Morgan fingerprint density at radius 3 is 2.30 bits per heavy atom. The normalized spacial score (nSPS) is 12.7. The molecule has 2 rings (SSSR count). The number of alkyl halides is 3. The topological polar surface area (TPSA) is 29.1 Å². The molecule has 0 fully saturated rings. The van der Waals surface area contributed by atoms with Crippen LogP contribution in [0.25, 0.3) is 0 Å². The molecule has 0 aliphatic rings. The number of benzene rings is 2. The second kappa shape index (κ2) is 7.31. The first-order valence-electron chi connectivity index (χ1n) is 7.40. The summed E-state index contributed by atoms with van der Waals surface area (Å²) in [5, 5.41) is 2.10. The van der Waals surface area contributed by atoms with Crippen molar-refractivity contribution in [2.24, 2.45) is 0 Å². The summed E-state index contributed by atoms with van der Waals surface area (Å²) in [6.07, 6.45) is -4.04. The summed E-state index contributed by atoms with van der Waals surface area (Å²) in [5.41, 5.74) is 1.74. The van der Waals surface area contributed by atoms with Gasteiger partial charge in [0.1, 0.15) is 6.04 Å². The Bertz CT molecular complexity index is 653. The van der Waals surface area contributed by atoms with E-state index in [9.17, 15) is 18.0 Å². The van der Waals surface area contributed by atoms with Crippen molar-refractivity contribution in [3.63, 3.8) is 0 Å². The monoisotopic (exact) mass is 321 g/mol. The zero-order chi connectivity index (χ0) is 16.9. The number of aryl methyl sites for hydroxylation is 1. The van der Waals surface area contributed by atoms with Crippen LogP contribution in [0.4, 0.5) is 13.2 Å². The van der Waals surface area contributed by atoms with Gasteiger partial charge in [0.05, 0.1) is 0 Å². The van der Waals surface area contributed by atoms with Crippen molar-refractivity contribution in [2.75, 3.05) is 0 Å². The molecule has 2 nitrogen and oxygen atoms in total. The minimum absolute atomic E-state index is 0.212. The predicted octanol–water partition coefficient (Wildman–Crippen LogP) is 4.15. The number of rotatable bonds is 5. The molecule has 0 aliphatic carbocycles. The lowest BCUT2D eigenvalue weighted by atomic mass is 10.0. The molecule has 0 aliphatic heterocycles. The third-order valence-corrected chi connectivity index (χ3v) is 3.58. The van der Waals surface area contributed by atoms with Crippen molar-refractivity contribution in [1.29, 1.82) is 0 Å². The summed E-state index contributed by atoms with van der Waals surface area (Å²) in [5.74, 6) is -0.723. The van der Waals surface area contributed by atoms with Gasteiger partial charge in [-0.1, -0.05) is 49.4 Å². The van der Waals surface area contributed by atoms with Crippen LogP contribution in [0.5, 0.6) is 0 Å². The number of halogens is 3. The third kappa shape index (κ3) is 4.84. The summed E-state index contributed by atoms with van der Waals surface area (Å²) in [4.78, 5) is 12.0. The Kier molecular flexibility index (Phi) is 5.42. The fraction of sp³-hybridized carbons (Fsp3) is 0.278. The van der Waals surface area contributed by atoms with E-state index in [1.807, 2.05) is 13.0 Å². The number of carbonyl (C=O) groups excluding carboxylic acids is 1. The SMILES string of the molecule is CCc1cccc(C[C@@H](NC(=O)c2ccccc2)C(F)(F)F)c1. The first-order chi connectivity index (χ1) is 10.9. The molecular weight excluding hydrogens is 303 g/mol. The maximum Gasteiger partial charge on any atom is 0.408 e. The predicted molar refractivity (Wildman–Crippen MR) is 83.3 cm³/mol. The fourth-order valence-electron chi connectivity index (χ4n) is 2.29. The Morgan fingerprint density at radius 2 is 1.70 bits per heavy atom. The number of carbonyl (C=O) groups is 1. The van der Waals surface area contributed by atoms with E-state index in [0.29, 0.717) is 5.56 Å². The van der Waals surface area contributed by atoms with E-state index in [0.717, 1.165) is 12.0 Å².